The normalized spacial score (nSPS) is 15.0. The van der Waals surface area contributed by atoms with Crippen molar-refractivity contribution in [2.24, 2.45) is 0 Å². The van der Waals surface area contributed by atoms with Crippen molar-refractivity contribution >= 4 is 56.5 Å². The molecule has 1 aliphatic heterocycles. The second-order valence-corrected chi connectivity index (χ2v) is 9.28. The van der Waals surface area contributed by atoms with Crippen molar-refractivity contribution < 1.29 is 18.7 Å². The first-order chi connectivity index (χ1) is 15.4. The summed E-state index contributed by atoms with van der Waals surface area (Å²) in [5, 5.41) is 0.285. The van der Waals surface area contributed by atoms with E-state index in [9.17, 15) is 14.0 Å². The number of amides is 2. The molecule has 0 unspecified atom stereocenters. The summed E-state index contributed by atoms with van der Waals surface area (Å²) in [4.78, 5) is 26.7. The molecule has 0 saturated carbocycles. The lowest BCUT2D eigenvalue weighted by Crippen LogP contribution is -2.27. The van der Waals surface area contributed by atoms with Gasteiger partial charge in [-0.2, -0.15) is 0 Å². The van der Waals surface area contributed by atoms with Crippen LogP contribution in [0.25, 0.3) is 6.08 Å². The van der Waals surface area contributed by atoms with Gasteiger partial charge in [-0.1, -0.05) is 41.9 Å². The minimum atomic E-state index is -0.331. The molecule has 0 bridgehead atoms. The van der Waals surface area contributed by atoms with Crippen LogP contribution < -0.4 is 4.74 Å². The van der Waals surface area contributed by atoms with Gasteiger partial charge in [0.05, 0.1) is 15.9 Å². The van der Waals surface area contributed by atoms with E-state index in [-0.39, 0.29) is 23.5 Å². The molecule has 4 rings (SSSR count). The van der Waals surface area contributed by atoms with E-state index >= 15 is 0 Å². The predicted octanol–water partition coefficient (Wildman–Crippen LogP) is 7.06. The number of ether oxygens (including phenoxy) is 1. The van der Waals surface area contributed by atoms with Crippen molar-refractivity contribution in [1.29, 1.82) is 0 Å². The fraction of sp³-hybridized carbons (Fsp3) is 0.0833. The van der Waals surface area contributed by atoms with Crippen LogP contribution in [0.3, 0.4) is 0 Å². The second-order valence-electron chi connectivity index (χ2n) is 7.00. The highest BCUT2D eigenvalue weighted by Crippen LogP contribution is 2.35. The molecule has 0 radical (unpaired) electrons. The zero-order valence-corrected chi connectivity index (χ0v) is 19.7. The Hall–Kier alpha value is -2.61. The lowest BCUT2D eigenvalue weighted by Gasteiger charge is -2.12. The van der Waals surface area contributed by atoms with Gasteiger partial charge in [0, 0.05) is 5.02 Å². The zero-order chi connectivity index (χ0) is 22.7. The summed E-state index contributed by atoms with van der Waals surface area (Å²) in [7, 11) is 0. The highest BCUT2D eigenvalue weighted by Gasteiger charge is 2.35. The molecule has 3 aromatic carbocycles. The molecule has 1 saturated heterocycles. The third-order valence-electron chi connectivity index (χ3n) is 4.69. The molecule has 1 aliphatic rings. The van der Waals surface area contributed by atoms with Crippen LogP contribution >= 0.6 is 39.3 Å². The molecule has 1 fully saturated rings. The average Bonchev–Trinajstić information content (AvgIpc) is 3.03. The summed E-state index contributed by atoms with van der Waals surface area (Å²) in [6, 6.07) is 18.5. The summed E-state index contributed by atoms with van der Waals surface area (Å²) in [5.41, 5.74) is 2.42. The van der Waals surface area contributed by atoms with Gasteiger partial charge in [-0.3, -0.25) is 14.5 Å². The first-order valence-corrected chi connectivity index (χ1v) is 11.5. The maximum Gasteiger partial charge on any atom is 0.293 e. The van der Waals surface area contributed by atoms with Crippen LogP contribution in [0.2, 0.25) is 5.02 Å². The number of nitrogens with zero attached hydrogens (tertiary/aromatic N) is 1. The summed E-state index contributed by atoms with van der Waals surface area (Å²) < 4.78 is 19.5. The quantitative estimate of drug-likeness (QED) is 0.319. The van der Waals surface area contributed by atoms with E-state index in [4.69, 9.17) is 16.3 Å². The van der Waals surface area contributed by atoms with E-state index in [1.54, 1.807) is 54.6 Å². The summed E-state index contributed by atoms with van der Waals surface area (Å²) in [5.74, 6) is -0.0121. The fourth-order valence-electron chi connectivity index (χ4n) is 3.03. The van der Waals surface area contributed by atoms with E-state index in [1.807, 2.05) is 6.07 Å². The number of thioether (sulfide) groups is 1. The van der Waals surface area contributed by atoms with Crippen LogP contribution in [0.4, 0.5) is 9.18 Å². The van der Waals surface area contributed by atoms with Crippen LogP contribution in [-0.4, -0.2) is 16.0 Å². The molecule has 0 N–H and O–H groups in total. The molecule has 0 aliphatic carbocycles. The molecular formula is C24H16BrClFNO3S. The standard InChI is InChI=1S/C24H16BrClFNO3S/c25-20-11-17(5-10-21(20)31-14-16-3-8-19(27)9-4-16)12-22-23(29)28(24(30)32-22)13-15-1-6-18(26)7-2-15/h1-12H,13-14H2/b22-12-. The molecule has 0 spiro atoms. The average molecular weight is 533 g/mol. The van der Waals surface area contributed by atoms with Crippen LogP contribution in [0.1, 0.15) is 16.7 Å². The molecular weight excluding hydrogens is 517 g/mol. The van der Waals surface area contributed by atoms with Gasteiger partial charge in [0.15, 0.2) is 0 Å². The number of hydrogen-bond acceptors (Lipinski definition) is 4. The molecule has 4 nitrogen and oxygen atoms in total. The number of rotatable bonds is 6. The fourth-order valence-corrected chi connectivity index (χ4v) is 4.50. The smallest absolute Gasteiger partial charge is 0.293 e. The number of hydrogen-bond donors (Lipinski definition) is 0. The molecule has 0 atom stereocenters. The van der Waals surface area contributed by atoms with Gasteiger partial charge in [-0.25, -0.2) is 4.39 Å². The molecule has 8 heteroatoms. The highest BCUT2D eigenvalue weighted by atomic mass is 79.9. The Bertz CT molecular complexity index is 1200. The van der Waals surface area contributed by atoms with Crippen molar-refractivity contribution in [3.63, 3.8) is 0 Å². The Morgan fingerprint density at radius 3 is 2.38 bits per heavy atom. The Labute approximate surface area is 202 Å². The van der Waals surface area contributed by atoms with Gasteiger partial charge in [-0.05, 0) is 86.9 Å². The summed E-state index contributed by atoms with van der Waals surface area (Å²) in [6.07, 6.45) is 1.68. The van der Waals surface area contributed by atoms with E-state index < -0.39 is 0 Å². The zero-order valence-electron chi connectivity index (χ0n) is 16.6. The van der Waals surface area contributed by atoms with E-state index in [0.29, 0.717) is 26.8 Å². The van der Waals surface area contributed by atoms with Gasteiger partial charge in [-0.15, -0.1) is 0 Å². The third kappa shape index (κ3) is 5.41. The predicted molar refractivity (Wildman–Crippen MR) is 128 cm³/mol. The van der Waals surface area contributed by atoms with Crippen molar-refractivity contribution in [2.45, 2.75) is 13.2 Å². The lowest BCUT2D eigenvalue weighted by atomic mass is 10.2. The Kier molecular flexibility index (Phi) is 6.98. The highest BCUT2D eigenvalue weighted by molar-refractivity contribution is 9.10. The van der Waals surface area contributed by atoms with Crippen LogP contribution in [-0.2, 0) is 17.9 Å². The maximum atomic E-state index is 13.0. The number of benzene rings is 3. The largest absolute Gasteiger partial charge is 0.488 e. The Morgan fingerprint density at radius 2 is 1.69 bits per heavy atom. The van der Waals surface area contributed by atoms with Crippen molar-refractivity contribution in [1.82, 2.24) is 4.90 Å². The van der Waals surface area contributed by atoms with E-state index in [1.165, 1.54) is 17.0 Å². The number of carbonyl (C=O) groups is 2. The molecule has 32 heavy (non-hydrogen) atoms. The minimum Gasteiger partial charge on any atom is -0.488 e. The Balaban J connectivity index is 1.44. The van der Waals surface area contributed by atoms with Crippen LogP contribution in [0.5, 0.6) is 5.75 Å². The Morgan fingerprint density at radius 1 is 1.00 bits per heavy atom. The number of halogens is 3. The summed E-state index contributed by atoms with van der Waals surface area (Å²) >= 11 is 10.3. The van der Waals surface area contributed by atoms with E-state index in [0.717, 1.165) is 28.5 Å². The molecule has 1 heterocycles. The molecule has 162 valence electrons. The van der Waals surface area contributed by atoms with Gasteiger partial charge in [0.2, 0.25) is 0 Å². The first-order valence-electron chi connectivity index (χ1n) is 9.55. The van der Waals surface area contributed by atoms with Crippen molar-refractivity contribution in [3.8, 4) is 5.75 Å². The van der Waals surface area contributed by atoms with Crippen LogP contribution in [0.15, 0.2) is 76.1 Å². The van der Waals surface area contributed by atoms with Crippen molar-refractivity contribution in [3.05, 3.63) is 104 Å². The van der Waals surface area contributed by atoms with Gasteiger partial charge in [0.1, 0.15) is 18.2 Å². The third-order valence-corrected chi connectivity index (χ3v) is 6.47. The van der Waals surface area contributed by atoms with Crippen molar-refractivity contribution in [2.75, 3.05) is 0 Å². The maximum absolute atomic E-state index is 13.0. The summed E-state index contributed by atoms with van der Waals surface area (Å²) in [6.45, 7) is 0.487. The SMILES string of the molecule is O=C1S/C(=C\c2ccc(OCc3ccc(F)cc3)c(Br)c2)C(=O)N1Cc1ccc(Cl)cc1. The number of carbonyl (C=O) groups excluding carboxylic acids is 2. The van der Waals surface area contributed by atoms with Crippen LogP contribution in [0, 0.1) is 5.82 Å². The molecule has 2 amide bonds. The molecule has 3 aromatic rings. The number of imide groups is 1. The topological polar surface area (TPSA) is 46.6 Å². The first kappa shape index (κ1) is 22.6. The van der Waals surface area contributed by atoms with E-state index in [2.05, 4.69) is 15.9 Å². The minimum absolute atomic E-state index is 0.193. The molecule has 0 aromatic heterocycles. The van der Waals surface area contributed by atoms with Gasteiger partial charge in [0.25, 0.3) is 11.1 Å². The van der Waals surface area contributed by atoms with Gasteiger partial charge >= 0.3 is 0 Å². The monoisotopic (exact) mass is 531 g/mol. The van der Waals surface area contributed by atoms with Gasteiger partial charge < -0.3 is 4.74 Å². The lowest BCUT2D eigenvalue weighted by molar-refractivity contribution is -0.123. The second kappa shape index (κ2) is 9.90.